The van der Waals surface area contributed by atoms with Crippen LogP contribution < -0.4 is 11.1 Å². The maximum Gasteiger partial charge on any atom is 0.318 e. The van der Waals surface area contributed by atoms with E-state index in [1.807, 2.05) is 49.1 Å². The van der Waals surface area contributed by atoms with Crippen molar-refractivity contribution in [3.05, 3.63) is 35.9 Å². The van der Waals surface area contributed by atoms with Crippen LogP contribution in [0.25, 0.3) is 0 Å². The number of nitrogens with two attached hydrogens (primary N) is 1. The number of hydrogen-bond donors (Lipinski definition) is 2. The predicted octanol–water partition coefficient (Wildman–Crippen LogP) is 1.88. The van der Waals surface area contributed by atoms with Gasteiger partial charge in [-0.15, -0.1) is 0 Å². The summed E-state index contributed by atoms with van der Waals surface area (Å²) in [6.07, 6.45) is 0.807. The molecular weight excluding hydrogens is 226 g/mol. The van der Waals surface area contributed by atoms with Gasteiger partial charge in [0.15, 0.2) is 0 Å². The van der Waals surface area contributed by atoms with Gasteiger partial charge in [0.05, 0.1) is 6.04 Å². The van der Waals surface area contributed by atoms with Gasteiger partial charge in [0.1, 0.15) is 0 Å². The molecule has 1 aromatic carbocycles. The molecule has 98 valence electrons. The molecule has 18 heavy (non-hydrogen) atoms. The molecule has 1 aliphatic heterocycles. The Hall–Kier alpha value is -1.55. The highest BCUT2D eigenvalue weighted by Crippen LogP contribution is 2.20. The first kappa shape index (κ1) is 12.9. The Morgan fingerprint density at radius 3 is 2.67 bits per heavy atom. The van der Waals surface area contributed by atoms with E-state index in [-0.39, 0.29) is 17.6 Å². The standard InChI is InChI=1S/C14H21N3O/c1-14(2,15)8-9-17-10-12(16-13(17)18)11-6-4-3-5-7-11/h3-7,12H,8-10,15H2,1-2H3,(H,16,18). The molecule has 1 saturated heterocycles. The zero-order valence-electron chi connectivity index (χ0n) is 11.0. The van der Waals surface area contributed by atoms with E-state index in [0.717, 1.165) is 18.5 Å². The van der Waals surface area contributed by atoms with Crippen LogP contribution in [0, 0.1) is 0 Å². The summed E-state index contributed by atoms with van der Waals surface area (Å²) in [5, 5.41) is 3.00. The molecule has 1 aromatic rings. The highest BCUT2D eigenvalue weighted by atomic mass is 16.2. The van der Waals surface area contributed by atoms with Crippen molar-refractivity contribution in [2.45, 2.75) is 31.8 Å². The average molecular weight is 247 g/mol. The Balaban J connectivity index is 1.95. The smallest absolute Gasteiger partial charge is 0.318 e. The van der Waals surface area contributed by atoms with Crippen LogP contribution in [0.4, 0.5) is 4.79 Å². The van der Waals surface area contributed by atoms with E-state index >= 15 is 0 Å². The van der Waals surface area contributed by atoms with Crippen molar-refractivity contribution in [3.8, 4) is 0 Å². The molecule has 0 bridgehead atoms. The quantitative estimate of drug-likeness (QED) is 0.853. The Morgan fingerprint density at radius 2 is 2.06 bits per heavy atom. The molecule has 0 saturated carbocycles. The van der Waals surface area contributed by atoms with Crippen molar-refractivity contribution in [2.24, 2.45) is 5.73 Å². The van der Waals surface area contributed by atoms with Crippen LogP contribution in [-0.2, 0) is 0 Å². The van der Waals surface area contributed by atoms with E-state index in [0.29, 0.717) is 6.54 Å². The number of rotatable bonds is 4. The van der Waals surface area contributed by atoms with E-state index in [1.165, 1.54) is 0 Å². The van der Waals surface area contributed by atoms with Crippen molar-refractivity contribution < 1.29 is 4.79 Å². The van der Waals surface area contributed by atoms with Gasteiger partial charge in [-0.1, -0.05) is 30.3 Å². The van der Waals surface area contributed by atoms with E-state index in [9.17, 15) is 4.79 Å². The molecule has 0 aliphatic carbocycles. The molecule has 1 heterocycles. The lowest BCUT2D eigenvalue weighted by Crippen LogP contribution is -2.38. The molecule has 1 atom stereocenters. The van der Waals surface area contributed by atoms with Gasteiger partial charge in [0.25, 0.3) is 0 Å². The lowest BCUT2D eigenvalue weighted by atomic mass is 10.0. The lowest BCUT2D eigenvalue weighted by molar-refractivity contribution is 0.213. The first-order valence-corrected chi connectivity index (χ1v) is 6.35. The van der Waals surface area contributed by atoms with Gasteiger partial charge in [-0.05, 0) is 25.8 Å². The van der Waals surface area contributed by atoms with Crippen molar-refractivity contribution in [1.82, 2.24) is 10.2 Å². The summed E-state index contributed by atoms with van der Waals surface area (Å²) in [5.74, 6) is 0. The molecule has 1 fully saturated rings. The third-order valence-corrected chi connectivity index (χ3v) is 3.22. The molecule has 1 aliphatic rings. The van der Waals surface area contributed by atoms with Gasteiger partial charge in [-0.2, -0.15) is 0 Å². The SMILES string of the molecule is CC(C)(N)CCN1CC(c2ccccc2)NC1=O. The Bertz CT molecular complexity index is 411. The summed E-state index contributed by atoms with van der Waals surface area (Å²) in [5.41, 5.74) is 6.87. The third kappa shape index (κ3) is 3.23. The van der Waals surface area contributed by atoms with E-state index < -0.39 is 0 Å². The minimum absolute atomic E-state index is 0.00750. The molecule has 0 spiro atoms. The van der Waals surface area contributed by atoms with Gasteiger partial charge < -0.3 is 16.0 Å². The third-order valence-electron chi connectivity index (χ3n) is 3.22. The summed E-state index contributed by atoms with van der Waals surface area (Å²) in [6.45, 7) is 5.39. The first-order valence-electron chi connectivity index (χ1n) is 6.35. The Labute approximate surface area is 108 Å². The molecule has 0 radical (unpaired) electrons. The molecular formula is C14H21N3O. The van der Waals surface area contributed by atoms with E-state index in [4.69, 9.17) is 5.73 Å². The Kier molecular flexibility index (Phi) is 3.57. The van der Waals surface area contributed by atoms with Crippen LogP contribution in [-0.4, -0.2) is 29.6 Å². The van der Waals surface area contributed by atoms with Gasteiger partial charge in [0, 0.05) is 18.6 Å². The number of hydrogen-bond acceptors (Lipinski definition) is 2. The number of carbonyl (C=O) groups is 1. The number of benzene rings is 1. The van der Waals surface area contributed by atoms with E-state index in [1.54, 1.807) is 0 Å². The van der Waals surface area contributed by atoms with Crippen molar-refractivity contribution in [2.75, 3.05) is 13.1 Å². The molecule has 2 amide bonds. The number of urea groups is 1. The fraction of sp³-hybridized carbons (Fsp3) is 0.500. The van der Waals surface area contributed by atoms with E-state index in [2.05, 4.69) is 5.32 Å². The summed E-state index contributed by atoms with van der Waals surface area (Å²) in [4.78, 5) is 13.7. The zero-order chi connectivity index (χ0) is 13.2. The maximum absolute atomic E-state index is 11.8. The Morgan fingerprint density at radius 1 is 1.39 bits per heavy atom. The highest BCUT2D eigenvalue weighted by molar-refractivity contribution is 5.77. The van der Waals surface area contributed by atoms with Crippen LogP contribution >= 0.6 is 0 Å². The minimum atomic E-state index is -0.231. The fourth-order valence-electron chi connectivity index (χ4n) is 2.08. The molecule has 3 N–H and O–H groups in total. The van der Waals surface area contributed by atoms with Crippen molar-refractivity contribution in [3.63, 3.8) is 0 Å². The van der Waals surface area contributed by atoms with Crippen LogP contribution in [0.2, 0.25) is 0 Å². The summed E-state index contributed by atoms with van der Waals surface area (Å²) < 4.78 is 0. The maximum atomic E-state index is 11.8. The second-order valence-corrected chi connectivity index (χ2v) is 5.60. The summed E-state index contributed by atoms with van der Waals surface area (Å²) in [7, 11) is 0. The highest BCUT2D eigenvalue weighted by Gasteiger charge is 2.30. The zero-order valence-corrected chi connectivity index (χ0v) is 11.0. The van der Waals surface area contributed by atoms with Gasteiger partial charge in [-0.25, -0.2) is 4.79 Å². The number of nitrogens with one attached hydrogen (secondary N) is 1. The normalized spacial score (nSPS) is 20.1. The average Bonchev–Trinajstić information content (AvgIpc) is 2.68. The molecule has 4 nitrogen and oxygen atoms in total. The fourth-order valence-corrected chi connectivity index (χ4v) is 2.08. The van der Waals surface area contributed by atoms with Crippen LogP contribution in [0.15, 0.2) is 30.3 Å². The molecule has 2 rings (SSSR count). The molecule has 4 heteroatoms. The summed E-state index contributed by atoms with van der Waals surface area (Å²) >= 11 is 0. The minimum Gasteiger partial charge on any atom is -0.329 e. The van der Waals surface area contributed by atoms with Gasteiger partial charge >= 0.3 is 6.03 Å². The second-order valence-electron chi connectivity index (χ2n) is 5.60. The van der Waals surface area contributed by atoms with Crippen LogP contribution in [0.5, 0.6) is 0 Å². The first-order chi connectivity index (χ1) is 8.46. The predicted molar refractivity (Wildman–Crippen MR) is 72.2 cm³/mol. The van der Waals surface area contributed by atoms with Crippen LogP contribution in [0.3, 0.4) is 0 Å². The molecule has 0 aromatic heterocycles. The number of nitrogens with zero attached hydrogens (tertiary/aromatic N) is 1. The lowest BCUT2D eigenvalue weighted by Gasteiger charge is -2.22. The van der Waals surface area contributed by atoms with Crippen molar-refractivity contribution in [1.29, 1.82) is 0 Å². The van der Waals surface area contributed by atoms with Crippen molar-refractivity contribution >= 4 is 6.03 Å². The topological polar surface area (TPSA) is 58.4 Å². The largest absolute Gasteiger partial charge is 0.329 e. The van der Waals surface area contributed by atoms with Gasteiger partial charge in [-0.3, -0.25) is 0 Å². The van der Waals surface area contributed by atoms with Crippen LogP contribution in [0.1, 0.15) is 31.9 Å². The van der Waals surface area contributed by atoms with Gasteiger partial charge in [0.2, 0.25) is 0 Å². The number of carbonyl (C=O) groups excluding carboxylic acids is 1. The number of amides is 2. The monoisotopic (exact) mass is 247 g/mol. The second kappa shape index (κ2) is 4.98. The molecule has 1 unspecified atom stereocenters. The summed E-state index contributed by atoms with van der Waals surface area (Å²) in [6, 6.07) is 10.2.